The van der Waals surface area contributed by atoms with Gasteiger partial charge in [0.2, 0.25) is 0 Å². The molecule has 0 bridgehead atoms. The normalized spacial score (nSPS) is 13.6. The second kappa shape index (κ2) is 11.9. The fraction of sp³-hybridized carbons (Fsp3) is 0.257. The number of imidazole rings is 1. The molecule has 0 radical (unpaired) electrons. The number of hydrogen-bond acceptors (Lipinski definition) is 6. The number of aromatic nitrogens is 3. The summed E-state index contributed by atoms with van der Waals surface area (Å²) in [5.74, 6) is -0.160. The van der Waals surface area contributed by atoms with Gasteiger partial charge in [-0.25, -0.2) is 9.50 Å². The van der Waals surface area contributed by atoms with Crippen molar-refractivity contribution in [2.45, 2.75) is 33.1 Å². The monoisotopic (exact) mass is 588 g/mol. The molecule has 2 N–H and O–H groups in total. The molecule has 1 fully saturated rings. The van der Waals surface area contributed by atoms with Gasteiger partial charge in [0.1, 0.15) is 0 Å². The van der Waals surface area contributed by atoms with Gasteiger partial charge >= 0.3 is 0 Å². The average Bonchev–Trinajstić information content (AvgIpc) is 3.51. The van der Waals surface area contributed by atoms with Crippen LogP contribution in [0, 0.1) is 6.92 Å². The summed E-state index contributed by atoms with van der Waals surface area (Å²) in [6, 6.07) is 22.9. The molecule has 3 heterocycles. The van der Waals surface area contributed by atoms with E-state index in [-0.39, 0.29) is 17.2 Å². The van der Waals surface area contributed by atoms with E-state index in [1.165, 1.54) is 5.56 Å². The molecule has 0 unspecified atom stereocenters. The number of carbonyl (C=O) groups is 2. The molecule has 224 valence electrons. The summed E-state index contributed by atoms with van der Waals surface area (Å²) in [5, 5.41) is 11.3. The van der Waals surface area contributed by atoms with Crippen molar-refractivity contribution in [3.8, 4) is 11.3 Å². The van der Waals surface area contributed by atoms with Gasteiger partial charge in [-0.3, -0.25) is 9.59 Å². The van der Waals surface area contributed by atoms with E-state index < -0.39 is 0 Å². The zero-order valence-corrected chi connectivity index (χ0v) is 25.4. The number of hydrogen-bond donors (Lipinski definition) is 2. The molecule has 2 amide bonds. The third-order valence-corrected chi connectivity index (χ3v) is 7.94. The highest BCUT2D eigenvalue weighted by molar-refractivity contribution is 6.05. The summed E-state index contributed by atoms with van der Waals surface area (Å²) in [7, 11) is 0. The van der Waals surface area contributed by atoms with Crippen molar-refractivity contribution in [1.82, 2.24) is 19.5 Å². The van der Waals surface area contributed by atoms with Gasteiger partial charge in [-0.05, 0) is 72.0 Å². The Hall–Kier alpha value is -5.02. The van der Waals surface area contributed by atoms with Crippen LogP contribution < -0.4 is 10.6 Å². The number of fused-ring (bicyclic) bond motifs is 1. The van der Waals surface area contributed by atoms with Crippen molar-refractivity contribution >= 4 is 34.5 Å². The van der Waals surface area contributed by atoms with Gasteiger partial charge < -0.3 is 20.3 Å². The van der Waals surface area contributed by atoms with Crippen molar-refractivity contribution in [3.05, 3.63) is 107 Å². The molecular formula is C35H36N6O3. The van der Waals surface area contributed by atoms with E-state index in [0.717, 1.165) is 33.9 Å². The zero-order valence-electron chi connectivity index (χ0n) is 25.4. The maximum atomic E-state index is 13.2. The van der Waals surface area contributed by atoms with Gasteiger partial charge in [0.15, 0.2) is 5.65 Å². The number of ether oxygens (including phenoxy) is 1. The van der Waals surface area contributed by atoms with E-state index in [1.54, 1.807) is 16.9 Å². The second-order valence-electron chi connectivity index (χ2n) is 12.0. The molecule has 6 rings (SSSR count). The van der Waals surface area contributed by atoms with Crippen LogP contribution in [0.3, 0.4) is 0 Å². The van der Waals surface area contributed by atoms with Gasteiger partial charge in [0.05, 0.1) is 24.6 Å². The molecule has 1 saturated heterocycles. The standard InChI is InChI=1S/C35H36N6O3/c1-23-28(6-5-7-29(23)38-33(42)24-8-12-26(13-9-24)35(2,3)4)30-22-31(32-36-16-17-41(32)39-30)37-27-14-10-25(11-15-27)34(43)40-18-20-44-21-19-40/h5-17,22,37H,18-21H2,1-4H3,(H,38,42). The first-order valence-corrected chi connectivity index (χ1v) is 14.8. The predicted octanol–water partition coefficient (Wildman–Crippen LogP) is 6.47. The Morgan fingerprint density at radius 2 is 1.59 bits per heavy atom. The summed E-state index contributed by atoms with van der Waals surface area (Å²) in [6.07, 6.45) is 3.51. The highest BCUT2D eigenvalue weighted by atomic mass is 16.5. The molecule has 0 atom stereocenters. The second-order valence-corrected chi connectivity index (χ2v) is 12.0. The maximum Gasteiger partial charge on any atom is 0.255 e. The van der Waals surface area contributed by atoms with E-state index in [1.807, 2.05) is 84.6 Å². The van der Waals surface area contributed by atoms with Crippen molar-refractivity contribution in [1.29, 1.82) is 0 Å². The van der Waals surface area contributed by atoms with Crippen molar-refractivity contribution < 1.29 is 14.3 Å². The Balaban J connectivity index is 1.24. The number of nitrogens with zero attached hydrogens (tertiary/aromatic N) is 4. The Labute approximate surface area is 256 Å². The van der Waals surface area contributed by atoms with E-state index in [9.17, 15) is 9.59 Å². The number of morpholine rings is 1. The summed E-state index contributed by atoms with van der Waals surface area (Å²) in [5.41, 5.74) is 7.91. The number of carbonyl (C=O) groups excluding carboxylic acids is 2. The van der Waals surface area contributed by atoms with E-state index in [4.69, 9.17) is 9.84 Å². The minimum atomic E-state index is -0.165. The number of benzene rings is 3. The molecule has 9 heteroatoms. The van der Waals surface area contributed by atoms with Gasteiger partial charge in [0.25, 0.3) is 11.8 Å². The van der Waals surface area contributed by atoms with Crippen LogP contribution >= 0.6 is 0 Å². The molecule has 5 aromatic rings. The molecule has 44 heavy (non-hydrogen) atoms. The van der Waals surface area contributed by atoms with Gasteiger partial charge in [0, 0.05) is 53.5 Å². The van der Waals surface area contributed by atoms with Crippen molar-refractivity contribution in [3.63, 3.8) is 0 Å². The lowest BCUT2D eigenvalue weighted by molar-refractivity contribution is 0.0303. The first-order chi connectivity index (χ1) is 21.2. The molecule has 1 aliphatic heterocycles. The minimum Gasteiger partial charge on any atom is -0.378 e. The number of nitrogens with one attached hydrogen (secondary N) is 2. The summed E-state index contributed by atoms with van der Waals surface area (Å²) >= 11 is 0. The van der Waals surface area contributed by atoms with Crippen LogP contribution in [0.5, 0.6) is 0 Å². The van der Waals surface area contributed by atoms with Gasteiger partial charge in [-0.2, -0.15) is 5.10 Å². The molecule has 3 aromatic carbocycles. The van der Waals surface area contributed by atoms with Crippen LogP contribution in [0.1, 0.15) is 52.6 Å². The largest absolute Gasteiger partial charge is 0.378 e. The fourth-order valence-corrected chi connectivity index (χ4v) is 5.31. The average molecular weight is 589 g/mol. The molecular weight excluding hydrogens is 552 g/mol. The van der Waals surface area contributed by atoms with E-state index in [0.29, 0.717) is 43.1 Å². The third-order valence-electron chi connectivity index (χ3n) is 7.94. The molecule has 0 saturated carbocycles. The van der Waals surface area contributed by atoms with E-state index >= 15 is 0 Å². The van der Waals surface area contributed by atoms with Crippen LogP contribution in [-0.2, 0) is 10.2 Å². The molecule has 0 spiro atoms. The predicted molar refractivity (Wildman–Crippen MR) is 173 cm³/mol. The van der Waals surface area contributed by atoms with Crippen molar-refractivity contribution in [2.24, 2.45) is 0 Å². The van der Waals surface area contributed by atoms with Crippen LogP contribution in [0.2, 0.25) is 0 Å². The van der Waals surface area contributed by atoms with Crippen LogP contribution in [0.4, 0.5) is 17.1 Å². The first kappa shape index (κ1) is 29.1. The number of amides is 2. The Morgan fingerprint density at radius 3 is 2.30 bits per heavy atom. The van der Waals surface area contributed by atoms with Crippen molar-refractivity contribution in [2.75, 3.05) is 36.9 Å². The minimum absolute atomic E-state index is 0.00562. The third kappa shape index (κ3) is 6.05. The van der Waals surface area contributed by atoms with E-state index in [2.05, 4.69) is 36.4 Å². The lowest BCUT2D eigenvalue weighted by Gasteiger charge is -2.26. The molecule has 1 aliphatic rings. The Bertz CT molecular complexity index is 1810. The lowest BCUT2D eigenvalue weighted by Crippen LogP contribution is -2.40. The first-order valence-electron chi connectivity index (χ1n) is 14.8. The Morgan fingerprint density at radius 1 is 0.886 bits per heavy atom. The van der Waals surface area contributed by atoms with Gasteiger partial charge in [-0.1, -0.05) is 45.0 Å². The zero-order chi connectivity index (χ0) is 30.8. The van der Waals surface area contributed by atoms with Crippen LogP contribution in [0.25, 0.3) is 16.9 Å². The maximum absolute atomic E-state index is 13.2. The van der Waals surface area contributed by atoms with Gasteiger partial charge in [-0.15, -0.1) is 0 Å². The van der Waals surface area contributed by atoms with Crippen LogP contribution in [-0.4, -0.2) is 57.6 Å². The topological polar surface area (TPSA) is 101 Å². The smallest absolute Gasteiger partial charge is 0.255 e. The summed E-state index contributed by atoms with van der Waals surface area (Å²) in [6.45, 7) is 10.8. The summed E-state index contributed by atoms with van der Waals surface area (Å²) in [4.78, 5) is 32.3. The molecule has 0 aliphatic carbocycles. The fourth-order valence-electron chi connectivity index (χ4n) is 5.31. The highest BCUT2D eigenvalue weighted by Crippen LogP contribution is 2.32. The molecule has 2 aromatic heterocycles. The SMILES string of the molecule is Cc1c(NC(=O)c2ccc(C(C)(C)C)cc2)cccc1-c1cc(Nc2ccc(C(=O)N3CCOCC3)cc2)c2nccn2n1. The summed E-state index contributed by atoms with van der Waals surface area (Å²) < 4.78 is 7.10. The van der Waals surface area contributed by atoms with Crippen LogP contribution in [0.15, 0.2) is 85.2 Å². The number of anilines is 3. The number of rotatable bonds is 6. The molecule has 9 nitrogen and oxygen atoms in total. The lowest BCUT2D eigenvalue weighted by atomic mass is 9.86. The highest BCUT2D eigenvalue weighted by Gasteiger charge is 2.19. The quantitative estimate of drug-likeness (QED) is 0.236. The Kier molecular flexibility index (Phi) is 7.88.